The van der Waals surface area contributed by atoms with Gasteiger partial charge in [0, 0.05) is 19.2 Å². The van der Waals surface area contributed by atoms with Crippen molar-refractivity contribution in [2.45, 2.75) is 49.6 Å². The van der Waals surface area contributed by atoms with Gasteiger partial charge in [0.2, 0.25) is 10.0 Å². The van der Waals surface area contributed by atoms with Crippen molar-refractivity contribution in [3.8, 4) is 0 Å². The van der Waals surface area contributed by atoms with Crippen LogP contribution in [0.5, 0.6) is 0 Å². The fourth-order valence-corrected chi connectivity index (χ4v) is 2.95. The Hall–Kier alpha value is -1.68. The molecule has 1 heterocycles. The van der Waals surface area contributed by atoms with E-state index in [2.05, 4.69) is 9.71 Å². The number of carbonyl (C=O) groups is 1. The standard InChI is InChI=1S/C14H19F3N2O4S/c15-14(16,17)12-8-7-11(10-18-12)24(22,23)19-9-5-3-1-2-4-6-13(20)21/h7-8,10,19H,1-6,9H2,(H,20,21). The van der Waals surface area contributed by atoms with Gasteiger partial charge in [-0.3, -0.25) is 9.78 Å². The second-order valence-electron chi connectivity index (χ2n) is 5.19. The van der Waals surface area contributed by atoms with Gasteiger partial charge >= 0.3 is 12.1 Å². The number of halogens is 3. The van der Waals surface area contributed by atoms with Crippen LogP contribution in [0.25, 0.3) is 0 Å². The number of nitrogens with one attached hydrogen (secondary N) is 1. The number of hydrogen-bond donors (Lipinski definition) is 2. The number of pyridine rings is 1. The van der Waals surface area contributed by atoms with E-state index in [-0.39, 0.29) is 17.9 Å². The third-order valence-corrected chi connectivity index (χ3v) is 4.64. The van der Waals surface area contributed by atoms with Crippen molar-refractivity contribution < 1.29 is 31.5 Å². The first kappa shape index (κ1) is 20.4. The van der Waals surface area contributed by atoms with Crippen molar-refractivity contribution in [2.75, 3.05) is 6.54 Å². The number of sulfonamides is 1. The van der Waals surface area contributed by atoms with E-state index in [9.17, 15) is 26.4 Å². The first-order valence-electron chi connectivity index (χ1n) is 7.37. The highest BCUT2D eigenvalue weighted by molar-refractivity contribution is 7.89. The number of alkyl halides is 3. The van der Waals surface area contributed by atoms with Crippen molar-refractivity contribution in [3.63, 3.8) is 0 Å². The van der Waals surface area contributed by atoms with Gasteiger partial charge in [0.1, 0.15) is 10.6 Å². The number of rotatable bonds is 10. The number of aliphatic carboxylic acids is 1. The number of unbranched alkanes of at least 4 members (excludes halogenated alkanes) is 4. The second-order valence-corrected chi connectivity index (χ2v) is 6.95. The second kappa shape index (κ2) is 8.97. The number of aromatic nitrogens is 1. The smallest absolute Gasteiger partial charge is 0.433 e. The van der Waals surface area contributed by atoms with Gasteiger partial charge in [0.25, 0.3) is 0 Å². The first-order chi connectivity index (χ1) is 11.1. The summed E-state index contributed by atoms with van der Waals surface area (Å²) < 4.78 is 63.2. The summed E-state index contributed by atoms with van der Waals surface area (Å²) in [6.07, 6.45) is -0.411. The van der Waals surface area contributed by atoms with Gasteiger partial charge in [0.15, 0.2) is 0 Å². The van der Waals surface area contributed by atoms with Crippen molar-refractivity contribution in [1.82, 2.24) is 9.71 Å². The maximum atomic E-state index is 12.4. The lowest BCUT2D eigenvalue weighted by atomic mass is 10.1. The quantitative estimate of drug-likeness (QED) is 0.619. The van der Waals surface area contributed by atoms with E-state index >= 15 is 0 Å². The lowest BCUT2D eigenvalue weighted by molar-refractivity contribution is -0.141. The summed E-state index contributed by atoms with van der Waals surface area (Å²) in [4.78, 5) is 13.1. The monoisotopic (exact) mass is 368 g/mol. The van der Waals surface area contributed by atoms with Crippen LogP contribution in [0.3, 0.4) is 0 Å². The zero-order valence-corrected chi connectivity index (χ0v) is 13.7. The van der Waals surface area contributed by atoms with E-state index in [1.165, 1.54) is 0 Å². The predicted molar refractivity (Wildman–Crippen MR) is 79.8 cm³/mol. The van der Waals surface area contributed by atoms with Crippen LogP contribution in [0.15, 0.2) is 23.2 Å². The molecule has 136 valence electrons. The van der Waals surface area contributed by atoms with Crippen molar-refractivity contribution >= 4 is 16.0 Å². The molecule has 0 spiro atoms. The zero-order chi connectivity index (χ0) is 18.2. The summed E-state index contributed by atoms with van der Waals surface area (Å²) in [5, 5.41) is 8.47. The molecule has 10 heteroatoms. The topological polar surface area (TPSA) is 96.4 Å². The average Bonchev–Trinajstić information content (AvgIpc) is 2.49. The van der Waals surface area contributed by atoms with Gasteiger partial charge in [-0.15, -0.1) is 0 Å². The van der Waals surface area contributed by atoms with E-state index in [4.69, 9.17) is 5.11 Å². The molecule has 0 unspecified atom stereocenters. The molecule has 6 nitrogen and oxygen atoms in total. The molecule has 0 saturated heterocycles. The van der Waals surface area contributed by atoms with Gasteiger partial charge in [0.05, 0.1) is 0 Å². The van der Waals surface area contributed by atoms with Gasteiger partial charge in [-0.25, -0.2) is 13.1 Å². The molecular formula is C14H19F3N2O4S. The molecule has 0 radical (unpaired) electrons. The molecule has 1 aromatic rings. The van der Waals surface area contributed by atoms with Gasteiger partial charge in [-0.05, 0) is 25.0 Å². The molecule has 24 heavy (non-hydrogen) atoms. The minimum Gasteiger partial charge on any atom is -0.481 e. The molecule has 2 N–H and O–H groups in total. The molecule has 0 bridgehead atoms. The molecule has 1 rings (SSSR count). The molecule has 0 aliphatic rings. The highest BCUT2D eigenvalue weighted by Gasteiger charge is 2.32. The SMILES string of the molecule is O=C(O)CCCCCCCNS(=O)(=O)c1ccc(C(F)(F)F)nc1. The van der Waals surface area contributed by atoms with Crippen LogP contribution in [0.2, 0.25) is 0 Å². The lowest BCUT2D eigenvalue weighted by Crippen LogP contribution is -2.25. The van der Waals surface area contributed by atoms with Crippen molar-refractivity contribution in [2.24, 2.45) is 0 Å². The number of carboxylic acid groups (broad SMARTS) is 1. The van der Waals surface area contributed by atoms with Crippen molar-refractivity contribution in [1.29, 1.82) is 0 Å². The molecule has 0 fully saturated rings. The van der Waals surface area contributed by atoms with Crippen LogP contribution in [-0.2, 0) is 21.0 Å². The Morgan fingerprint density at radius 2 is 1.75 bits per heavy atom. The Labute approximate surface area is 138 Å². The van der Waals surface area contributed by atoms with Crippen LogP contribution in [0.1, 0.15) is 44.2 Å². The molecular weight excluding hydrogens is 349 g/mol. The van der Waals surface area contributed by atoms with Crippen LogP contribution in [0, 0.1) is 0 Å². The fraction of sp³-hybridized carbons (Fsp3) is 0.571. The molecule has 1 aromatic heterocycles. The third-order valence-electron chi connectivity index (χ3n) is 3.20. The number of nitrogens with zero attached hydrogens (tertiary/aromatic N) is 1. The van der Waals surface area contributed by atoms with Gasteiger partial charge < -0.3 is 5.11 Å². The van der Waals surface area contributed by atoms with E-state index < -0.39 is 27.9 Å². The predicted octanol–water partition coefficient (Wildman–Crippen LogP) is 2.80. The molecule has 0 aliphatic heterocycles. The highest BCUT2D eigenvalue weighted by Crippen LogP contribution is 2.27. The summed E-state index contributed by atoms with van der Waals surface area (Å²) in [7, 11) is -3.89. The van der Waals surface area contributed by atoms with Crippen molar-refractivity contribution in [3.05, 3.63) is 24.0 Å². The number of hydrogen-bond acceptors (Lipinski definition) is 4. The molecule has 0 aliphatic carbocycles. The summed E-state index contributed by atoms with van der Waals surface area (Å²) in [5.74, 6) is -0.840. The van der Waals surface area contributed by atoms with Crippen LogP contribution in [-0.4, -0.2) is 31.0 Å². The summed E-state index contributed by atoms with van der Waals surface area (Å²) in [6, 6.07) is 1.49. The van der Waals surface area contributed by atoms with E-state index in [0.29, 0.717) is 25.1 Å². The minimum atomic E-state index is -4.61. The fourth-order valence-electron chi connectivity index (χ4n) is 1.93. The average molecular weight is 368 g/mol. The van der Waals surface area contributed by atoms with Gasteiger partial charge in [-0.2, -0.15) is 13.2 Å². The maximum absolute atomic E-state index is 12.4. The Morgan fingerprint density at radius 1 is 1.12 bits per heavy atom. The normalized spacial score (nSPS) is 12.3. The summed E-state index contributed by atoms with van der Waals surface area (Å²) in [5.41, 5.74) is -1.15. The summed E-state index contributed by atoms with van der Waals surface area (Å²) in [6.45, 7) is 0.155. The zero-order valence-electron chi connectivity index (χ0n) is 12.8. The van der Waals surface area contributed by atoms with E-state index in [1.807, 2.05) is 0 Å². The van der Waals surface area contributed by atoms with Gasteiger partial charge in [-0.1, -0.05) is 19.3 Å². The van der Waals surface area contributed by atoms with Crippen LogP contribution >= 0.6 is 0 Å². The molecule has 0 aromatic carbocycles. The molecule has 0 atom stereocenters. The molecule has 0 saturated carbocycles. The minimum absolute atomic E-state index is 0.119. The Balaban J connectivity index is 2.35. The number of carboxylic acids is 1. The largest absolute Gasteiger partial charge is 0.481 e. The van der Waals surface area contributed by atoms with E-state index in [0.717, 1.165) is 25.3 Å². The van der Waals surface area contributed by atoms with E-state index in [1.54, 1.807) is 0 Å². The summed E-state index contributed by atoms with van der Waals surface area (Å²) >= 11 is 0. The lowest BCUT2D eigenvalue weighted by Gasteiger charge is -2.08. The van der Waals surface area contributed by atoms with Crippen LogP contribution < -0.4 is 4.72 Å². The first-order valence-corrected chi connectivity index (χ1v) is 8.86. The maximum Gasteiger partial charge on any atom is 0.433 e. The Kier molecular flexibility index (Phi) is 7.61. The third kappa shape index (κ3) is 7.26. The highest BCUT2D eigenvalue weighted by atomic mass is 32.2. The Morgan fingerprint density at radius 3 is 2.29 bits per heavy atom. The van der Waals surface area contributed by atoms with Crippen LogP contribution in [0.4, 0.5) is 13.2 Å². The Bertz CT molecular complexity index is 630. The molecule has 0 amide bonds.